The fourth-order valence-corrected chi connectivity index (χ4v) is 3.04. The van der Waals surface area contributed by atoms with E-state index in [1.54, 1.807) is 4.90 Å². The molecule has 7 heteroatoms. The van der Waals surface area contributed by atoms with Crippen molar-refractivity contribution in [2.45, 2.75) is 20.0 Å². The van der Waals surface area contributed by atoms with E-state index in [9.17, 15) is 9.59 Å². The van der Waals surface area contributed by atoms with Gasteiger partial charge in [-0.25, -0.2) is 4.79 Å². The first kappa shape index (κ1) is 14.5. The van der Waals surface area contributed by atoms with Gasteiger partial charge in [-0.1, -0.05) is 18.2 Å². The van der Waals surface area contributed by atoms with Gasteiger partial charge >= 0.3 is 5.97 Å². The Morgan fingerprint density at radius 3 is 2.88 bits per heavy atom. The number of aromatic nitrogens is 2. The second-order valence-corrected chi connectivity index (χ2v) is 5.82. The summed E-state index contributed by atoms with van der Waals surface area (Å²) in [5.41, 5.74) is 2.00. The lowest BCUT2D eigenvalue weighted by atomic mass is 10.1. The van der Waals surface area contributed by atoms with Gasteiger partial charge in [-0.3, -0.25) is 9.48 Å². The molecule has 2 aromatic heterocycles. The van der Waals surface area contributed by atoms with Crippen molar-refractivity contribution in [1.82, 2.24) is 14.7 Å². The van der Waals surface area contributed by atoms with Crippen LogP contribution >= 0.6 is 0 Å². The molecule has 0 spiro atoms. The number of carbonyl (C=O) groups is 2. The standard InChI is InChI=1S/C17H15N3O4/c1-10-11-4-2-3-5-14(11)24-15(10)9-19-6-7-20-13(16(19)21)8-12(18-20)17(22)23/h2-5,8H,6-7,9H2,1H3,(H,22,23). The fourth-order valence-electron chi connectivity index (χ4n) is 3.04. The van der Waals surface area contributed by atoms with Crippen molar-refractivity contribution in [2.24, 2.45) is 0 Å². The van der Waals surface area contributed by atoms with Crippen LogP contribution in [-0.2, 0) is 13.1 Å². The van der Waals surface area contributed by atoms with E-state index in [4.69, 9.17) is 9.52 Å². The third-order valence-electron chi connectivity index (χ3n) is 4.36. The van der Waals surface area contributed by atoms with E-state index in [0.29, 0.717) is 25.3 Å². The van der Waals surface area contributed by atoms with Gasteiger partial charge in [0.05, 0.1) is 13.1 Å². The Morgan fingerprint density at radius 2 is 2.12 bits per heavy atom. The van der Waals surface area contributed by atoms with Crippen LogP contribution in [0.2, 0.25) is 0 Å². The molecule has 24 heavy (non-hydrogen) atoms. The molecule has 3 aromatic rings. The summed E-state index contributed by atoms with van der Waals surface area (Å²) in [5.74, 6) is -0.624. The highest BCUT2D eigenvalue weighted by Gasteiger charge is 2.29. The Bertz CT molecular complexity index is 970. The van der Waals surface area contributed by atoms with Crippen LogP contribution in [-0.4, -0.2) is 38.2 Å². The molecule has 0 saturated carbocycles. The molecule has 0 aliphatic carbocycles. The zero-order valence-corrected chi connectivity index (χ0v) is 13.0. The van der Waals surface area contributed by atoms with Crippen molar-refractivity contribution in [3.05, 3.63) is 53.0 Å². The van der Waals surface area contributed by atoms with Gasteiger partial charge < -0.3 is 14.4 Å². The van der Waals surface area contributed by atoms with Crippen LogP contribution in [0, 0.1) is 6.92 Å². The number of fused-ring (bicyclic) bond motifs is 2. The molecular weight excluding hydrogens is 310 g/mol. The van der Waals surface area contributed by atoms with E-state index >= 15 is 0 Å². The minimum absolute atomic E-state index is 0.111. The zero-order chi connectivity index (χ0) is 16.8. The van der Waals surface area contributed by atoms with Crippen LogP contribution in [0.3, 0.4) is 0 Å². The summed E-state index contributed by atoms with van der Waals surface area (Å²) >= 11 is 0. The summed E-state index contributed by atoms with van der Waals surface area (Å²) in [5, 5.41) is 14.0. The van der Waals surface area contributed by atoms with Gasteiger partial charge in [0.15, 0.2) is 5.69 Å². The van der Waals surface area contributed by atoms with Crippen molar-refractivity contribution in [2.75, 3.05) is 6.54 Å². The van der Waals surface area contributed by atoms with Crippen LogP contribution in [0.5, 0.6) is 0 Å². The number of hydrogen-bond donors (Lipinski definition) is 1. The molecule has 0 saturated heterocycles. The molecule has 3 heterocycles. The maximum atomic E-state index is 12.6. The molecule has 0 atom stereocenters. The minimum Gasteiger partial charge on any atom is -0.476 e. The maximum absolute atomic E-state index is 12.6. The third-order valence-corrected chi connectivity index (χ3v) is 4.36. The van der Waals surface area contributed by atoms with Crippen molar-refractivity contribution in [3.63, 3.8) is 0 Å². The van der Waals surface area contributed by atoms with E-state index in [1.807, 2.05) is 31.2 Å². The average Bonchev–Trinajstić information content (AvgIpc) is 3.13. The summed E-state index contributed by atoms with van der Waals surface area (Å²) in [4.78, 5) is 25.3. The Morgan fingerprint density at radius 1 is 1.33 bits per heavy atom. The van der Waals surface area contributed by atoms with Gasteiger partial charge in [0.1, 0.15) is 17.0 Å². The topological polar surface area (TPSA) is 88.6 Å². The molecule has 1 N–H and O–H groups in total. The molecular formula is C17H15N3O4. The lowest BCUT2D eigenvalue weighted by Crippen LogP contribution is -2.39. The Kier molecular flexibility index (Phi) is 3.16. The van der Waals surface area contributed by atoms with Crippen LogP contribution in [0.25, 0.3) is 11.0 Å². The second-order valence-electron chi connectivity index (χ2n) is 5.82. The molecule has 1 aromatic carbocycles. The average molecular weight is 325 g/mol. The van der Waals surface area contributed by atoms with E-state index in [-0.39, 0.29) is 11.6 Å². The Labute approximate surface area is 137 Å². The zero-order valence-electron chi connectivity index (χ0n) is 13.0. The molecule has 4 rings (SSSR count). The number of carboxylic acids is 1. The van der Waals surface area contributed by atoms with E-state index in [2.05, 4.69) is 5.10 Å². The molecule has 0 radical (unpaired) electrons. The van der Waals surface area contributed by atoms with Gasteiger partial charge in [-0.15, -0.1) is 0 Å². The van der Waals surface area contributed by atoms with Crippen LogP contribution in [0.1, 0.15) is 32.3 Å². The summed E-state index contributed by atoms with van der Waals surface area (Å²) in [6.07, 6.45) is 0. The molecule has 1 aliphatic rings. The molecule has 0 unspecified atom stereocenters. The van der Waals surface area contributed by atoms with Crippen molar-refractivity contribution in [1.29, 1.82) is 0 Å². The number of benzene rings is 1. The number of hydrogen-bond acceptors (Lipinski definition) is 4. The first-order valence-corrected chi connectivity index (χ1v) is 7.62. The monoisotopic (exact) mass is 325 g/mol. The fraction of sp³-hybridized carbons (Fsp3) is 0.235. The summed E-state index contributed by atoms with van der Waals surface area (Å²) < 4.78 is 7.32. The molecule has 1 amide bonds. The first-order chi connectivity index (χ1) is 11.5. The SMILES string of the molecule is Cc1c(CN2CCn3nc(C(=O)O)cc3C2=O)oc2ccccc12. The van der Waals surface area contributed by atoms with Crippen LogP contribution in [0.4, 0.5) is 0 Å². The number of rotatable bonds is 3. The largest absolute Gasteiger partial charge is 0.476 e. The highest BCUT2D eigenvalue weighted by molar-refractivity contribution is 5.96. The number of aryl methyl sites for hydroxylation is 1. The van der Waals surface area contributed by atoms with Gasteiger partial charge in [-0.2, -0.15) is 5.10 Å². The number of nitrogens with zero attached hydrogens (tertiary/aromatic N) is 3. The summed E-state index contributed by atoms with van der Waals surface area (Å²) in [7, 11) is 0. The van der Waals surface area contributed by atoms with Crippen molar-refractivity contribution < 1.29 is 19.1 Å². The van der Waals surface area contributed by atoms with E-state index in [0.717, 1.165) is 22.3 Å². The number of furan rings is 1. The first-order valence-electron chi connectivity index (χ1n) is 7.62. The number of amides is 1. The molecule has 1 aliphatic heterocycles. The quantitative estimate of drug-likeness (QED) is 0.798. The minimum atomic E-state index is -1.13. The van der Waals surface area contributed by atoms with Gasteiger partial charge in [0.2, 0.25) is 0 Å². The highest BCUT2D eigenvalue weighted by Crippen LogP contribution is 2.27. The number of carboxylic acid groups (broad SMARTS) is 1. The van der Waals surface area contributed by atoms with E-state index in [1.165, 1.54) is 10.7 Å². The van der Waals surface area contributed by atoms with Gasteiger partial charge in [-0.05, 0) is 13.0 Å². The van der Waals surface area contributed by atoms with Gasteiger partial charge in [0.25, 0.3) is 5.91 Å². The predicted molar refractivity (Wildman–Crippen MR) is 84.9 cm³/mol. The maximum Gasteiger partial charge on any atom is 0.356 e. The van der Waals surface area contributed by atoms with Crippen molar-refractivity contribution in [3.8, 4) is 0 Å². The molecule has 7 nitrogen and oxygen atoms in total. The Hall–Kier alpha value is -3.09. The van der Waals surface area contributed by atoms with Crippen molar-refractivity contribution >= 4 is 22.8 Å². The lowest BCUT2D eigenvalue weighted by Gasteiger charge is -2.26. The number of carbonyl (C=O) groups excluding carboxylic acids is 1. The second kappa shape index (κ2) is 5.23. The molecule has 122 valence electrons. The Balaban J connectivity index is 1.64. The highest BCUT2D eigenvalue weighted by atomic mass is 16.4. The molecule has 0 bridgehead atoms. The summed E-state index contributed by atoms with van der Waals surface area (Å²) in [6.45, 7) is 3.26. The van der Waals surface area contributed by atoms with Crippen LogP contribution < -0.4 is 0 Å². The number of aromatic carboxylic acids is 1. The summed E-state index contributed by atoms with van der Waals surface area (Å²) in [6, 6.07) is 9.07. The van der Waals surface area contributed by atoms with Gasteiger partial charge in [0, 0.05) is 23.6 Å². The number of para-hydroxylation sites is 1. The molecule has 0 fully saturated rings. The smallest absolute Gasteiger partial charge is 0.356 e. The normalized spacial score (nSPS) is 14.2. The van der Waals surface area contributed by atoms with E-state index < -0.39 is 5.97 Å². The third kappa shape index (κ3) is 2.17. The predicted octanol–water partition coefficient (Wildman–Crippen LogP) is 2.29. The lowest BCUT2D eigenvalue weighted by molar-refractivity contribution is 0.0662. The van der Waals surface area contributed by atoms with Crippen LogP contribution in [0.15, 0.2) is 34.7 Å².